The van der Waals surface area contributed by atoms with Gasteiger partial charge in [0.1, 0.15) is 5.82 Å². The summed E-state index contributed by atoms with van der Waals surface area (Å²) in [5.74, 6) is 1.65. The molecule has 1 heterocycles. The normalized spacial score (nSPS) is 10.8. The second-order valence-corrected chi connectivity index (χ2v) is 5.11. The van der Waals surface area contributed by atoms with Gasteiger partial charge < -0.3 is 15.0 Å². The highest BCUT2D eigenvalue weighted by Gasteiger charge is 2.06. The summed E-state index contributed by atoms with van der Waals surface area (Å²) in [5.41, 5.74) is 6.74. The molecule has 0 aliphatic heterocycles. The summed E-state index contributed by atoms with van der Waals surface area (Å²) in [6, 6.07) is 10.2. The molecule has 0 saturated carbocycles. The Labute approximate surface area is 117 Å². The second kappa shape index (κ2) is 7.28. The van der Waals surface area contributed by atoms with Crippen LogP contribution >= 0.6 is 11.8 Å². The Morgan fingerprint density at radius 2 is 2.05 bits per heavy atom. The van der Waals surface area contributed by atoms with E-state index in [9.17, 15) is 0 Å². The summed E-state index contributed by atoms with van der Waals surface area (Å²) in [6.07, 6.45) is 0. The summed E-state index contributed by atoms with van der Waals surface area (Å²) in [6.45, 7) is 1.74. The van der Waals surface area contributed by atoms with Gasteiger partial charge >= 0.3 is 0 Å². The van der Waals surface area contributed by atoms with Gasteiger partial charge in [-0.25, -0.2) is 0 Å². The van der Waals surface area contributed by atoms with Gasteiger partial charge in [-0.05, 0) is 5.56 Å². The highest BCUT2D eigenvalue weighted by molar-refractivity contribution is 7.99. The van der Waals surface area contributed by atoms with Crippen LogP contribution in [0.5, 0.6) is 0 Å². The monoisotopic (exact) mass is 278 g/mol. The lowest BCUT2D eigenvalue weighted by molar-refractivity contribution is 0.136. The first-order valence-corrected chi connectivity index (χ1v) is 7.12. The molecule has 0 saturated heterocycles. The summed E-state index contributed by atoms with van der Waals surface area (Å²) in [7, 11) is 1.93. The third-order valence-electron chi connectivity index (χ3n) is 2.68. The Bertz CT molecular complexity index is 501. The molecule has 0 bridgehead atoms. The molecule has 2 aromatic rings. The van der Waals surface area contributed by atoms with E-state index in [1.54, 1.807) is 11.8 Å². The zero-order valence-electron chi connectivity index (χ0n) is 11.0. The maximum Gasteiger partial charge on any atom is 0.191 e. The molecule has 0 unspecified atom stereocenters. The topological polar surface area (TPSA) is 66.0 Å². The van der Waals surface area contributed by atoms with Gasteiger partial charge in [-0.15, -0.1) is 10.2 Å². The molecule has 0 spiro atoms. The molecular weight excluding hydrogens is 260 g/mol. The number of thioether (sulfide) groups is 1. The minimum absolute atomic E-state index is 0.411. The minimum atomic E-state index is 0.411. The standard InChI is InChI=1S/C13H18N4OS/c1-17-12(9-14)15-16-13(17)19-8-7-18-10-11-5-3-2-4-6-11/h2-6H,7-10,14H2,1H3. The molecule has 102 valence electrons. The molecule has 2 rings (SSSR count). The maximum absolute atomic E-state index is 5.61. The number of nitrogens with zero attached hydrogens (tertiary/aromatic N) is 3. The van der Waals surface area contributed by atoms with Crippen molar-refractivity contribution in [2.45, 2.75) is 18.3 Å². The number of hydrogen-bond donors (Lipinski definition) is 1. The smallest absolute Gasteiger partial charge is 0.191 e. The Morgan fingerprint density at radius 3 is 2.74 bits per heavy atom. The van der Waals surface area contributed by atoms with Crippen molar-refractivity contribution in [2.75, 3.05) is 12.4 Å². The molecule has 1 aromatic heterocycles. The molecule has 1 aromatic carbocycles. The van der Waals surface area contributed by atoms with E-state index in [-0.39, 0.29) is 0 Å². The van der Waals surface area contributed by atoms with Crippen LogP contribution in [0.15, 0.2) is 35.5 Å². The lowest BCUT2D eigenvalue weighted by Gasteiger charge is -2.04. The van der Waals surface area contributed by atoms with E-state index in [4.69, 9.17) is 10.5 Å². The first-order valence-electron chi connectivity index (χ1n) is 6.14. The summed E-state index contributed by atoms with van der Waals surface area (Å²) in [5, 5.41) is 8.97. The highest BCUT2D eigenvalue weighted by atomic mass is 32.2. The van der Waals surface area contributed by atoms with Gasteiger partial charge in [0.25, 0.3) is 0 Å². The first kappa shape index (κ1) is 14.0. The molecule has 0 amide bonds. The van der Waals surface area contributed by atoms with Gasteiger partial charge in [0.05, 0.1) is 19.8 Å². The summed E-state index contributed by atoms with van der Waals surface area (Å²) in [4.78, 5) is 0. The SMILES string of the molecule is Cn1c(CN)nnc1SCCOCc1ccccc1. The van der Waals surface area contributed by atoms with E-state index in [0.29, 0.717) is 19.8 Å². The van der Waals surface area contributed by atoms with Crippen molar-refractivity contribution < 1.29 is 4.74 Å². The van der Waals surface area contributed by atoms with E-state index in [2.05, 4.69) is 22.3 Å². The second-order valence-electron chi connectivity index (χ2n) is 4.05. The molecule has 2 N–H and O–H groups in total. The first-order chi connectivity index (χ1) is 9.31. The summed E-state index contributed by atoms with van der Waals surface area (Å²) < 4.78 is 7.53. The van der Waals surface area contributed by atoms with E-state index in [1.807, 2.05) is 29.8 Å². The van der Waals surface area contributed by atoms with Crippen molar-refractivity contribution in [2.24, 2.45) is 12.8 Å². The lowest BCUT2D eigenvalue weighted by atomic mass is 10.2. The average molecular weight is 278 g/mol. The van der Waals surface area contributed by atoms with Crippen LogP contribution in [0.1, 0.15) is 11.4 Å². The molecule has 0 fully saturated rings. The number of benzene rings is 1. The zero-order valence-corrected chi connectivity index (χ0v) is 11.8. The molecule has 0 aliphatic carbocycles. The van der Waals surface area contributed by atoms with Crippen molar-refractivity contribution in [1.29, 1.82) is 0 Å². The Balaban J connectivity index is 1.68. The Kier molecular flexibility index (Phi) is 5.38. The zero-order chi connectivity index (χ0) is 13.5. The van der Waals surface area contributed by atoms with Crippen LogP contribution in [-0.4, -0.2) is 27.1 Å². The largest absolute Gasteiger partial charge is 0.376 e. The van der Waals surface area contributed by atoms with Crippen molar-refractivity contribution in [3.8, 4) is 0 Å². The lowest BCUT2D eigenvalue weighted by Crippen LogP contribution is -2.05. The van der Waals surface area contributed by atoms with Gasteiger partial charge in [0.15, 0.2) is 5.16 Å². The molecule has 6 heteroatoms. The van der Waals surface area contributed by atoms with Gasteiger partial charge in [-0.2, -0.15) is 0 Å². The number of ether oxygens (including phenoxy) is 1. The van der Waals surface area contributed by atoms with Gasteiger partial charge in [0, 0.05) is 12.8 Å². The predicted octanol–water partition coefficient (Wildman–Crippen LogP) is 1.58. The number of hydrogen-bond acceptors (Lipinski definition) is 5. The molecule has 0 radical (unpaired) electrons. The predicted molar refractivity (Wildman–Crippen MR) is 75.7 cm³/mol. The van der Waals surface area contributed by atoms with Crippen molar-refractivity contribution >= 4 is 11.8 Å². The van der Waals surface area contributed by atoms with Crippen LogP contribution in [0.2, 0.25) is 0 Å². The van der Waals surface area contributed by atoms with Crippen LogP contribution in [0.25, 0.3) is 0 Å². The van der Waals surface area contributed by atoms with Gasteiger partial charge in [-0.3, -0.25) is 0 Å². The number of nitrogens with two attached hydrogens (primary N) is 1. The van der Waals surface area contributed by atoms with Gasteiger partial charge in [-0.1, -0.05) is 42.1 Å². The van der Waals surface area contributed by atoms with Gasteiger partial charge in [0.2, 0.25) is 0 Å². The maximum atomic E-state index is 5.61. The third-order valence-corrected chi connectivity index (χ3v) is 3.66. The van der Waals surface area contributed by atoms with Crippen molar-refractivity contribution in [1.82, 2.24) is 14.8 Å². The number of aromatic nitrogens is 3. The number of rotatable bonds is 7. The summed E-state index contributed by atoms with van der Waals surface area (Å²) >= 11 is 1.63. The van der Waals surface area contributed by atoms with E-state index in [1.165, 1.54) is 5.56 Å². The van der Waals surface area contributed by atoms with Crippen molar-refractivity contribution in [3.63, 3.8) is 0 Å². The average Bonchev–Trinajstić information content (AvgIpc) is 2.80. The fraction of sp³-hybridized carbons (Fsp3) is 0.385. The Morgan fingerprint density at radius 1 is 1.26 bits per heavy atom. The molecule has 0 atom stereocenters. The fourth-order valence-corrected chi connectivity index (χ4v) is 2.39. The molecular formula is C13H18N4OS. The minimum Gasteiger partial charge on any atom is -0.376 e. The van der Waals surface area contributed by atoms with E-state index < -0.39 is 0 Å². The quantitative estimate of drug-likeness (QED) is 0.615. The Hall–Kier alpha value is -1.37. The third kappa shape index (κ3) is 4.05. The van der Waals surface area contributed by atoms with E-state index >= 15 is 0 Å². The highest BCUT2D eigenvalue weighted by Crippen LogP contribution is 2.15. The van der Waals surface area contributed by atoms with Crippen LogP contribution in [-0.2, 0) is 24.9 Å². The fourth-order valence-electron chi connectivity index (χ4n) is 1.60. The van der Waals surface area contributed by atoms with Crippen LogP contribution in [0, 0.1) is 0 Å². The molecule has 19 heavy (non-hydrogen) atoms. The molecule has 5 nitrogen and oxygen atoms in total. The van der Waals surface area contributed by atoms with Crippen LogP contribution < -0.4 is 5.73 Å². The molecule has 0 aliphatic rings. The van der Waals surface area contributed by atoms with Crippen LogP contribution in [0.3, 0.4) is 0 Å². The van der Waals surface area contributed by atoms with Crippen LogP contribution in [0.4, 0.5) is 0 Å². The van der Waals surface area contributed by atoms with Crippen molar-refractivity contribution in [3.05, 3.63) is 41.7 Å². The van der Waals surface area contributed by atoms with E-state index in [0.717, 1.165) is 16.7 Å².